The lowest BCUT2D eigenvalue weighted by Gasteiger charge is -2.23. The molecule has 1 aromatic heterocycles. The molecule has 0 aliphatic rings. The molecule has 0 saturated carbocycles. The third kappa shape index (κ3) is 6.17. The van der Waals surface area contributed by atoms with Crippen molar-refractivity contribution in [1.29, 1.82) is 0 Å². The molecule has 0 radical (unpaired) electrons. The molecule has 2 aromatic rings. The second-order valence-corrected chi connectivity index (χ2v) is 10.6. The molecule has 0 aliphatic carbocycles. The molecule has 5 nitrogen and oxygen atoms in total. The average Bonchev–Trinajstić information content (AvgIpc) is 2.95. The van der Waals surface area contributed by atoms with Crippen molar-refractivity contribution in [2.45, 2.75) is 32.3 Å². The van der Waals surface area contributed by atoms with E-state index in [-0.39, 0.29) is 11.2 Å². The molecule has 1 aromatic carbocycles. The number of alkyl halides is 3. The number of hydrogen-bond acceptors (Lipinski definition) is 4. The van der Waals surface area contributed by atoms with E-state index in [9.17, 15) is 13.3 Å². The van der Waals surface area contributed by atoms with Gasteiger partial charge in [0.15, 0.2) is 0 Å². The Kier molecular flexibility index (Phi) is 5.71. The summed E-state index contributed by atoms with van der Waals surface area (Å²) in [7, 11) is -2.53. The van der Waals surface area contributed by atoms with Gasteiger partial charge in [-0.15, -0.1) is 0 Å². The Labute approximate surface area is 150 Å². The SMILES string of the molecule is CC(C)(C)CNP(C)(=O)Cc1ccc(-c2noc(C(F)(F)Cl)n2)cc1. The summed E-state index contributed by atoms with van der Waals surface area (Å²) >= 11 is 4.85. The fraction of sp³-hybridized carbons (Fsp3) is 0.500. The van der Waals surface area contributed by atoms with Crippen LogP contribution in [0.1, 0.15) is 32.2 Å². The zero-order valence-electron chi connectivity index (χ0n) is 14.5. The average molecular weight is 392 g/mol. The number of benzene rings is 1. The summed E-state index contributed by atoms with van der Waals surface area (Å²) in [6.45, 7) is 8.56. The molecule has 9 heteroatoms. The van der Waals surface area contributed by atoms with Crippen LogP contribution >= 0.6 is 18.9 Å². The lowest BCUT2D eigenvalue weighted by atomic mass is 9.98. The summed E-state index contributed by atoms with van der Waals surface area (Å²) < 4.78 is 43.0. The number of nitrogens with zero attached hydrogens (tertiary/aromatic N) is 2. The molecule has 25 heavy (non-hydrogen) atoms. The van der Waals surface area contributed by atoms with Crippen molar-refractivity contribution in [2.24, 2.45) is 5.41 Å². The molecule has 1 atom stereocenters. The largest absolute Gasteiger partial charge is 0.400 e. The van der Waals surface area contributed by atoms with Crippen molar-refractivity contribution in [3.05, 3.63) is 35.7 Å². The monoisotopic (exact) mass is 391 g/mol. The minimum absolute atomic E-state index is 0.0208. The molecule has 0 saturated heterocycles. The van der Waals surface area contributed by atoms with Gasteiger partial charge in [0.25, 0.3) is 0 Å². The standard InChI is InChI=1S/C16H21ClF2N3O2P/c1-15(2,3)10-20-25(4,23)9-11-5-7-12(8-6-11)13-21-14(24-22-13)16(17,18)19/h5-8H,9-10H2,1-4H3,(H,20,23). The molecule has 0 fully saturated rings. The molecule has 2 rings (SSSR count). The van der Waals surface area contributed by atoms with Crippen molar-refractivity contribution in [3.8, 4) is 11.4 Å². The maximum atomic E-state index is 12.9. The van der Waals surface area contributed by atoms with E-state index in [0.29, 0.717) is 18.3 Å². The number of rotatable bonds is 6. The fourth-order valence-electron chi connectivity index (χ4n) is 2.02. The summed E-state index contributed by atoms with van der Waals surface area (Å²) in [4.78, 5) is 3.59. The first-order valence-corrected chi connectivity index (χ1v) is 10.4. The van der Waals surface area contributed by atoms with Crippen molar-refractivity contribution in [2.75, 3.05) is 13.2 Å². The lowest BCUT2D eigenvalue weighted by Crippen LogP contribution is -2.24. The van der Waals surface area contributed by atoms with Crippen LogP contribution in [0.5, 0.6) is 0 Å². The van der Waals surface area contributed by atoms with Gasteiger partial charge in [0.2, 0.25) is 5.82 Å². The van der Waals surface area contributed by atoms with Crippen molar-refractivity contribution in [1.82, 2.24) is 15.2 Å². The fourth-order valence-corrected chi connectivity index (χ4v) is 3.93. The highest BCUT2D eigenvalue weighted by Gasteiger charge is 2.35. The van der Waals surface area contributed by atoms with Crippen LogP contribution in [-0.2, 0) is 16.1 Å². The summed E-state index contributed by atoms with van der Waals surface area (Å²) in [6, 6.07) is 6.86. The second-order valence-electron chi connectivity index (χ2n) is 7.27. The van der Waals surface area contributed by atoms with Gasteiger partial charge in [-0.1, -0.05) is 50.2 Å². The molecule has 0 aliphatic heterocycles. The molecule has 1 N–H and O–H groups in total. The first kappa shape index (κ1) is 20.0. The highest BCUT2D eigenvalue weighted by atomic mass is 35.5. The van der Waals surface area contributed by atoms with Gasteiger partial charge in [-0.25, -0.2) is 0 Å². The number of aromatic nitrogens is 2. The highest BCUT2D eigenvalue weighted by Crippen LogP contribution is 2.41. The van der Waals surface area contributed by atoms with E-state index in [2.05, 4.69) is 40.5 Å². The molecular formula is C16H21ClF2N3O2P. The highest BCUT2D eigenvalue weighted by molar-refractivity contribution is 7.60. The van der Waals surface area contributed by atoms with Gasteiger partial charge in [-0.05, 0) is 22.6 Å². The quantitative estimate of drug-likeness (QED) is 0.550. The Bertz CT molecular complexity index is 767. The van der Waals surface area contributed by atoms with Gasteiger partial charge in [-0.2, -0.15) is 13.8 Å². The Morgan fingerprint density at radius 1 is 1.24 bits per heavy atom. The first-order valence-electron chi connectivity index (χ1n) is 7.68. The minimum Gasteiger partial charge on any atom is -0.331 e. The molecule has 138 valence electrons. The summed E-state index contributed by atoms with van der Waals surface area (Å²) in [5.74, 6) is -0.926. The van der Waals surface area contributed by atoms with Crippen molar-refractivity contribution < 1.29 is 17.9 Å². The second kappa shape index (κ2) is 7.14. The third-order valence-electron chi connectivity index (χ3n) is 3.31. The summed E-state index contributed by atoms with van der Waals surface area (Å²) in [5.41, 5.74) is 1.41. The molecule has 0 bridgehead atoms. The van der Waals surface area contributed by atoms with Crippen LogP contribution in [0.4, 0.5) is 8.78 Å². The zero-order chi connectivity index (χ0) is 18.9. The Morgan fingerprint density at radius 3 is 2.32 bits per heavy atom. The summed E-state index contributed by atoms with van der Waals surface area (Å²) in [5, 5.41) is 2.93. The van der Waals surface area contributed by atoms with Crippen LogP contribution < -0.4 is 5.09 Å². The number of halogens is 3. The predicted octanol–water partition coefficient (Wildman–Crippen LogP) is 5.07. The Balaban J connectivity index is 2.07. The van der Waals surface area contributed by atoms with E-state index in [4.69, 9.17) is 11.6 Å². The van der Waals surface area contributed by atoms with Crippen molar-refractivity contribution in [3.63, 3.8) is 0 Å². The molecule has 0 spiro atoms. The van der Waals surface area contributed by atoms with Crippen LogP contribution in [0.15, 0.2) is 28.8 Å². The van der Waals surface area contributed by atoms with Crippen LogP contribution in [-0.4, -0.2) is 23.4 Å². The third-order valence-corrected chi connectivity index (χ3v) is 5.27. The van der Waals surface area contributed by atoms with Gasteiger partial charge in [-0.3, -0.25) is 5.09 Å². The number of hydrogen-bond donors (Lipinski definition) is 1. The normalized spacial score (nSPS) is 15.2. The van der Waals surface area contributed by atoms with Crippen LogP contribution in [0.25, 0.3) is 11.4 Å². The summed E-state index contributed by atoms with van der Waals surface area (Å²) in [6.07, 6.45) is 0.389. The van der Waals surface area contributed by atoms with E-state index in [0.717, 1.165) is 5.56 Å². The molecule has 1 unspecified atom stereocenters. The van der Waals surface area contributed by atoms with E-state index < -0.39 is 18.6 Å². The topological polar surface area (TPSA) is 68.0 Å². The number of nitrogens with one attached hydrogen (secondary N) is 1. The van der Waals surface area contributed by atoms with Crippen LogP contribution in [0, 0.1) is 5.41 Å². The minimum atomic E-state index is -3.70. The Hall–Kier alpha value is -1.30. The first-order chi connectivity index (χ1) is 11.4. The van der Waals surface area contributed by atoms with E-state index in [1.54, 1.807) is 30.9 Å². The van der Waals surface area contributed by atoms with Crippen LogP contribution in [0.2, 0.25) is 0 Å². The maximum Gasteiger partial charge on any atom is 0.400 e. The van der Waals surface area contributed by atoms with Gasteiger partial charge in [0, 0.05) is 24.9 Å². The Morgan fingerprint density at radius 2 is 1.84 bits per heavy atom. The lowest BCUT2D eigenvalue weighted by molar-refractivity contribution is 0.0551. The van der Waals surface area contributed by atoms with E-state index in [1.807, 2.05) is 0 Å². The smallest absolute Gasteiger partial charge is 0.331 e. The van der Waals surface area contributed by atoms with E-state index >= 15 is 0 Å². The maximum absolute atomic E-state index is 12.9. The zero-order valence-corrected chi connectivity index (χ0v) is 16.2. The van der Waals surface area contributed by atoms with Crippen molar-refractivity contribution >= 4 is 18.9 Å². The van der Waals surface area contributed by atoms with Gasteiger partial charge >= 0.3 is 11.3 Å². The van der Waals surface area contributed by atoms with E-state index in [1.165, 1.54) is 0 Å². The molecular weight excluding hydrogens is 371 g/mol. The predicted molar refractivity (Wildman–Crippen MR) is 94.2 cm³/mol. The van der Waals surface area contributed by atoms with Gasteiger partial charge < -0.3 is 9.09 Å². The van der Waals surface area contributed by atoms with Gasteiger partial charge in [0.1, 0.15) is 7.29 Å². The van der Waals surface area contributed by atoms with Gasteiger partial charge in [0.05, 0.1) is 0 Å². The molecule has 1 heterocycles. The molecule has 0 amide bonds. The van der Waals surface area contributed by atoms with Crippen LogP contribution in [0.3, 0.4) is 0 Å².